The Balaban J connectivity index is 2.03. The predicted molar refractivity (Wildman–Crippen MR) is 51.3 cm³/mol. The molecule has 13 heavy (non-hydrogen) atoms. The van der Waals surface area contributed by atoms with Gasteiger partial charge in [0.1, 0.15) is 0 Å². The Morgan fingerprint density at radius 3 is 3.23 bits per heavy atom. The third kappa shape index (κ3) is 1.56. The molecule has 1 fully saturated rings. The Morgan fingerprint density at radius 2 is 2.46 bits per heavy atom. The topological polar surface area (TPSA) is 70.6 Å². The van der Waals surface area contributed by atoms with Crippen LogP contribution in [0, 0.1) is 11.8 Å². The van der Waals surface area contributed by atoms with Crippen molar-refractivity contribution in [3.05, 3.63) is 0 Å². The van der Waals surface area contributed by atoms with Gasteiger partial charge in [-0.3, -0.25) is 0 Å². The van der Waals surface area contributed by atoms with Gasteiger partial charge < -0.3 is 16.3 Å². The first-order valence-corrected chi connectivity index (χ1v) is 5.00. The number of fused-ring (bicyclic) bond motifs is 1. The fourth-order valence-electron chi connectivity index (χ4n) is 2.46. The molecule has 1 aliphatic carbocycles. The lowest BCUT2D eigenvalue weighted by atomic mass is 9.75. The minimum absolute atomic E-state index is 0.284. The summed E-state index contributed by atoms with van der Waals surface area (Å²) < 4.78 is 0. The Labute approximate surface area is 78.2 Å². The third-order valence-electron chi connectivity index (χ3n) is 3.22. The lowest BCUT2D eigenvalue weighted by molar-refractivity contribution is 0.0639. The summed E-state index contributed by atoms with van der Waals surface area (Å²) in [4.78, 5) is 0. The first-order valence-electron chi connectivity index (χ1n) is 5.00. The zero-order valence-corrected chi connectivity index (χ0v) is 7.69. The van der Waals surface area contributed by atoms with Gasteiger partial charge in [0.15, 0.2) is 0 Å². The molecule has 4 atom stereocenters. The molecule has 1 aliphatic heterocycles. The van der Waals surface area contributed by atoms with E-state index in [0.717, 1.165) is 6.42 Å². The van der Waals surface area contributed by atoms with E-state index < -0.39 is 0 Å². The van der Waals surface area contributed by atoms with E-state index >= 15 is 0 Å². The van der Waals surface area contributed by atoms with E-state index in [0.29, 0.717) is 18.5 Å². The first-order chi connectivity index (χ1) is 6.33. The molecular weight excluding hydrogens is 166 g/mol. The van der Waals surface area contributed by atoms with Gasteiger partial charge in [-0.05, 0) is 12.8 Å². The van der Waals surface area contributed by atoms with Crippen molar-refractivity contribution in [1.29, 1.82) is 0 Å². The number of hydrogen-bond acceptors (Lipinski definition) is 4. The van der Waals surface area contributed by atoms with Gasteiger partial charge in [-0.15, -0.1) is 0 Å². The number of hydrazone groups is 1. The average Bonchev–Trinajstić information content (AvgIpc) is 2.63. The zero-order valence-electron chi connectivity index (χ0n) is 7.69. The van der Waals surface area contributed by atoms with Gasteiger partial charge in [0.05, 0.1) is 12.1 Å². The maximum absolute atomic E-state index is 9.71. The highest BCUT2D eigenvalue weighted by molar-refractivity contribution is 5.63. The fraction of sp³-hybridized carbons (Fsp3) is 0.889. The minimum Gasteiger partial charge on any atom is -0.391 e. The summed E-state index contributed by atoms with van der Waals surface area (Å²) in [6.45, 7) is 0.357. The Bertz CT molecular complexity index is 207. The molecule has 0 amide bonds. The number of rotatable bonds is 2. The van der Waals surface area contributed by atoms with Gasteiger partial charge >= 0.3 is 0 Å². The standard InChI is InChI=1S/C9H17N3O/c10-4-8(13)7-3-1-2-6-5-11-12-9(6)7/h5-9,12-13H,1-4,10H2. The van der Waals surface area contributed by atoms with Crippen LogP contribution in [0.4, 0.5) is 0 Å². The van der Waals surface area contributed by atoms with Gasteiger partial charge in [-0.1, -0.05) is 6.42 Å². The molecule has 2 aliphatic rings. The number of hydrogen-bond donors (Lipinski definition) is 3. The van der Waals surface area contributed by atoms with Crippen LogP contribution in [-0.4, -0.2) is 30.0 Å². The van der Waals surface area contributed by atoms with E-state index in [-0.39, 0.29) is 12.0 Å². The van der Waals surface area contributed by atoms with Crippen LogP contribution >= 0.6 is 0 Å². The van der Waals surface area contributed by atoms with Crippen LogP contribution in [0.5, 0.6) is 0 Å². The van der Waals surface area contributed by atoms with E-state index in [4.69, 9.17) is 5.73 Å². The number of aliphatic hydroxyl groups is 1. The first kappa shape index (κ1) is 8.97. The van der Waals surface area contributed by atoms with Crippen LogP contribution in [-0.2, 0) is 0 Å². The summed E-state index contributed by atoms with van der Waals surface area (Å²) in [7, 11) is 0. The Kier molecular flexibility index (Phi) is 2.51. The van der Waals surface area contributed by atoms with Gasteiger partial charge in [-0.25, -0.2) is 0 Å². The molecule has 2 rings (SSSR count). The second-order valence-corrected chi connectivity index (χ2v) is 3.99. The quantitative estimate of drug-likeness (QED) is 0.549. The highest BCUT2D eigenvalue weighted by Gasteiger charge is 2.38. The molecular formula is C9H17N3O. The summed E-state index contributed by atoms with van der Waals surface area (Å²) in [5.74, 6) is 0.797. The van der Waals surface area contributed by atoms with Crippen molar-refractivity contribution in [1.82, 2.24) is 5.43 Å². The summed E-state index contributed by atoms with van der Waals surface area (Å²) >= 11 is 0. The Hall–Kier alpha value is -0.610. The smallest absolute Gasteiger partial charge is 0.0710 e. The molecule has 0 spiro atoms. The van der Waals surface area contributed by atoms with Gasteiger partial charge in [0.25, 0.3) is 0 Å². The SMILES string of the molecule is NCC(O)C1CCCC2C=NNC21. The van der Waals surface area contributed by atoms with Crippen molar-refractivity contribution < 1.29 is 5.11 Å². The highest BCUT2D eigenvalue weighted by Crippen LogP contribution is 2.32. The molecule has 0 aromatic rings. The van der Waals surface area contributed by atoms with Crippen molar-refractivity contribution in [2.45, 2.75) is 31.4 Å². The van der Waals surface area contributed by atoms with Crippen LogP contribution in [0.1, 0.15) is 19.3 Å². The molecule has 0 saturated heterocycles. The van der Waals surface area contributed by atoms with Crippen molar-refractivity contribution in [3.63, 3.8) is 0 Å². The second kappa shape index (κ2) is 3.64. The molecule has 74 valence electrons. The van der Waals surface area contributed by atoms with Crippen molar-refractivity contribution >= 4 is 6.21 Å². The van der Waals surface area contributed by atoms with E-state index in [1.807, 2.05) is 6.21 Å². The van der Waals surface area contributed by atoms with Gasteiger partial charge in [0.2, 0.25) is 0 Å². The maximum Gasteiger partial charge on any atom is 0.0710 e. The van der Waals surface area contributed by atoms with Crippen molar-refractivity contribution in [2.75, 3.05) is 6.54 Å². The summed E-state index contributed by atoms with van der Waals surface area (Å²) in [6, 6.07) is 0.326. The molecule has 0 aromatic carbocycles. The fourth-order valence-corrected chi connectivity index (χ4v) is 2.46. The lowest BCUT2D eigenvalue weighted by Crippen LogP contribution is -2.46. The van der Waals surface area contributed by atoms with Crippen molar-refractivity contribution in [3.8, 4) is 0 Å². The average molecular weight is 183 g/mol. The van der Waals surface area contributed by atoms with Crippen LogP contribution < -0.4 is 11.2 Å². The molecule has 0 radical (unpaired) electrons. The summed E-state index contributed by atoms with van der Waals surface area (Å²) in [5.41, 5.74) is 8.54. The molecule has 4 N–H and O–H groups in total. The van der Waals surface area contributed by atoms with E-state index in [1.54, 1.807) is 0 Å². The van der Waals surface area contributed by atoms with Crippen LogP contribution in [0.25, 0.3) is 0 Å². The Morgan fingerprint density at radius 1 is 1.62 bits per heavy atom. The second-order valence-electron chi connectivity index (χ2n) is 3.99. The maximum atomic E-state index is 9.71. The molecule has 0 aromatic heterocycles. The van der Waals surface area contributed by atoms with E-state index in [1.165, 1.54) is 12.8 Å². The molecule has 4 unspecified atom stereocenters. The largest absolute Gasteiger partial charge is 0.391 e. The van der Waals surface area contributed by atoms with Crippen LogP contribution in [0.2, 0.25) is 0 Å². The van der Waals surface area contributed by atoms with Crippen LogP contribution in [0.15, 0.2) is 5.10 Å². The zero-order chi connectivity index (χ0) is 9.26. The van der Waals surface area contributed by atoms with Gasteiger partial charge in [0, 0.05) is 24.6 Å². The van der Waals surface area contributed by atoms with E-state index in [9.17, 15) is 5.11 Å². The number of nitrogens with zero attached hydrogens (tertiary/aromatic N) is 1. The van der Waals surface area contributed by atoms with Crippen molar-refractivity contribution in [2.24, 2.45) is 22.7 Å². The highest BCUT2D eigenvalue weighted by atomic mass is 16.3. The lowest BCUT2D eigenvalue weighted by Gasteiger charge is -2.35. The molecule has 4 nitrogen and oxygen atoms in total. The monoisotopic (exact) mass is 183 g/mol. The van der Waals surface area contributed by atoms with E-state index in [2.05, 4.69) is 10.5 Å². The number of nitrogens with one attached hydrogen (secondary N) is 1. The summed E-state index contributed by atoms with van der Waals surface area (Å²) in [5, 5.41) is 13.8. The number of aliphatic hydroxyl groups excluding tert-OH is 1. The number of nitrogens with two attached hydrogens (primary N) is 1. The molecule has 4 heteroatoms. The molecule has 1 saturated carbocycles. The third-order valence-corrected chi connectivity index (χ3v) is 3.22. The van der Waals surface area contributed by atoms with Gasteiger partial charge in [-0.2, -0.15) is 5.10 Å². The molecule has 0 bridgehead atoms. The minimum atomic E-state index is -0.373. The normalized spacial score (nSPS) is 39.7. The van der Waals surface area contributed by atoms with Crippen LogP contribution in [0.3, 0.4) is 0 Å². The predicted octanol–water partition coefficient (Wildman–Crippen LogP) is -0.320. The summed E-state index contributed by atoms with van der Waals surface area (Å²) in [6.07, 6.45) is 5.03. The molecule has 1 heterocycles.